The second-order valence-electron chi connectivity index (χ2n) is 9.66. The molecular formula is C24H26BrClFN3O3SSi. The number of ether oxygens (including phenoxy) is 1. The Bertz CT molecular complexity index is 1500. The number of fused-ring (bicyclic) bond motifs is 1. The molecule has 11 heteroatoms. The Hall–Kier alpha value is -1.98. The smallest absolute Gasteiger partial charge is 0.268 e. The molecule has 6 nitrogen and oxygen atoms in total. The van der Waals surface area contributed by atoms with Gasteiger partial charge in [-0.25, -0.2) is 21.5 Å². The fourth-order valence-corrected chi connectivity index (χ4v) is 6.32. The summed E-state index contributed by atoms with van der Waals surface area (Å²) in [6.07, 6.45) is 3.18. The van der Waals surface area contributed by atoms with Gasteiger partial charge in [-0.05, 0) is 47.1 Å². The predicted molar refractivity (Wildman–Crippen MR) is 144 cm³/mol. The van der Waals surface area contributed by atoms with E-state index in [2.05, 4.69) is 40.7 Å². The van der Waals surface area contributed by atoms with Gasteiger partial charge < -0.3 is 4.74 Å². The molecule has 2 heterocycles. The molecule has 0 atom stereocenters. The van der Waals surface area contributed by atoms with Crippen LogP contribution >= 0.6 is 27.5 Å². The zero-order valence-electron chi connectivity index (χ0n) is 19.8. The van der Waals surface area contributed by atoms with Crippen molar-refractivity contribution in [3.8, 4) is 11.1 Å². The van der Waals surface area contributed by atoms with Crippen LogP contribution in [0.2, 0.25) is 30.8 Å². The number of aryl methyl sites for hydroxylation is 1. The van der Waals surface area contributed by atoms with Crippen LogP contribution in [0.1, 0.15) is 5.56 Å². The van der Waals surface area contributed by atoms with Crippen molar-refractivity contribution < 1.29 is 17.5 Å². The summed E-state index contributed by atoms with van der Waals surface area (Å²) < 4.78 is 50.2. The first-order valence-electron chi connectivity index (χ1n) is 11.0. The summed E-state index contributed by atoms with van der Waals surface area (Å²) in [5, 5.41) is 5.05. The third-order valence-corrected chi connectivity index (χ3v) is 9.90. The van der Waals surface area contributed by atoms with Crippen LogP contribution in [0.5, 0.6) is 0 Å². The Morgan fingerprint density at radius 3 is 2.46 bits per heavy atom. The van der Waals surface area contributed by atoms with Gasteiger partial charge in [-0.2, -0.15) is 5.10 Å². The van der Waals surface area contributed by atoms with Gasteiger partial charge in [0.05, 0.1) is 14.9 Å². The van der Waals surface area contributed by atoms with E-state index in [0.717, 1.165) is 15.6 Å². The Balaban J connectivity index is 1.77. The molecule has 0 aliphatic heterocycles. The second-order valence-corrected chi connectivity index (χ2v) is 18.3. The summed E-state index contributed by atoms with van der Waals surface area (Å²) in [7, 11) is -5.21. The summed E-state index contributed by atoms with van der Waals surface area (Å²) in [5.41, 5.74) is 2.19. The molecule has 0 aliphatic carbocycles. The van der Waals surface area contributed by atoms with Gasteiger partial charge in [0, 0.05) is 49.7 Å². The average molecular weight is 599 g/mol. The highest BCUT2D eigenvalue weighted by Gasteiger charge is 2.25. The SMILES string of the molecule is Cc1ccc(S(=O)(=O)n2cc(-c3cn(COCC[Si](C)(C)C)nc3Cl)c3cc(Br)c(F)cc32)cc1. The number of halogens is 3. The first-order valence-corrected chi connectivity index (χ1v) is 17.3. The van der Waals surface area contributed by atoms with Gasteiger partial charge in [0.2, 0.25) is 0 Å². The minimum absolute atomic E-state index is 0.104. The monoisotopic (exact) mass is 597 g/mol. The molecule has 2 aromatic heterocycles. The molecule has 4 aromatic rings. The van der Waals surface area contributed by atoms with Crippen molar-refractivity contribution in [3.63, 3.8) is 0 Å². The van der Waals surface area contributed by atoms with E-state index in [9.17, 15) is 12.8 Å². The summed E-state index contributed by atoms with van der Waals surface area (Å²) in [6.45, 7) is 9.56. The lowest BCUT2D eigenvalue weighted by molar-refractivity contribution is 0.0786. The van der Waals surface area contributed by atoms with Crippen molar-refractivity contribution in [1.82, 2.24) is 13.8 Å². The van der Waals surface area contributed by atoms with Gasteiger partial charge in [-0.15, -0.1) is 0 Å². The first-order chi connectivity index (χ1) is 16.4. The standard InChI is InChI=1S/C24H26BrClFN3O3SSi/c1-16-5-7-17(8-6-16)34(31,32)30-14-19(18-11-21(25)22(27)12-23(18)30)20-13-29(28-24(20)26)15-33-9-10-35(2,3)4/h5-8,11-14H,9-10,15H2,1-4H3. The maximum atomic E-state index is 14.5. The van der Waals surface area contributed by atoms with E-state index in [1.807, 2.05) is 6.92 Å². The molecule has 0 N–H and O–H groups in total. The van der Waals surface area contributed by atoms with E-state index >= 15 is 0 Å². The molecule has 0 radical (unpaired) electrons. The number of benzene rings is 2. The number of hydrogen-bond acceptors (Lipinski definition) is 4. The molecule has 186 valence electrons. The van der Waals surface area contributed by atoms with Crippen LogP contribution in [-0.2, 0) is 21.5 Å². The highest BCUT2D eigenvalue weighted by molar-refractivity contribution is 9.10. The van der Waals surface area contributed by atoms with Gasteiger partial charge in [-0.1, -0.05) is 48.9 Å². The lowest BCUT2D eigenvalue weighted by Crippen LogP contribution is -2.22. The zero-order chi connectivity index (χ0) is 25.5. The molecule has 0 bridgehead atoms. The van der Waals surface area contributed by atoms with Crippen molar-refractivity contribution in [2.45, 2.75) is 44.2 Å². The Labute approximate surface area is 218 Å². The van der Waals surface area contributed by atoms with Crippen molar-refractivity contribution >= 4 is 56.5 Å². The summed E-state index contributed by atoms with van der Waals surface area (Å²) in [5.74, 6) is -0.569. The van der Waals surface area contributed by atoms with Crippen LogP contribution < -0.4 is 0 Å². The molecule has 0 spiro atoms. The molecule has 0 aliphatic rings. The molecule has 4 rings (SSSR count). The summed E-state index contributed by atoms with van der Waals surface area (Å²) >= 11 is 9.68. The van der Waals surface area contributed by atoms with E-state index in [4.69, 9.17) is 16.3 Å². The molecule has 35 heavy (non-hydrogen) atoms. The zero-order valence-corrected chi connectivity index (χ0v) is 24.0. The minimum Gasteiger partial charge on any atom is -0.360 e. The quantitative estimate of drug-likeness (QED) is 0.163. The maximum absolute atomic E-state index is 14.5. The molecule has 0 amide bonds. The third kappa shape index (κ3) is 5.56. The van der Waals surface area contributed by atoms with Crippen LogP contribution in [-0.4, -0.2) is 36.9 Å². The molecule has 2 aromatic carbocycles. The Morgan fingerprint density at radius 2 is 1.80 bits per heavy atom. The van der Waals surface area contributed by atoms with Gasteiger partial charge in [-0.3, -0.25) is 0 Å². The average Bonchev–Trinajstić information content (AvgIpc) is 3.31. The first kappa shape index (κ1) is 26.1. The Kier molecular flexibility index (Phi) is 7.32. The molecule has 0 saturated carbocycles. The van der Waals surface area contributed by atoms with Crippen molar-refractivity contribution in [3.05, 3.63) is 69.8 Å². The fraction of sp³-hybridized carbons (Fsp3) is 0.292. The van der Waals surface area contributed by atoms with E-state index in [1.54, 1.807) is 29.1 Å². The van der Waals surface area contributed by atoms with Crippen molar-refractivity contribution in [2.24, 2.45) is 0 Å². The second kappa shape index (κ2) is 9.82. The molecular weight excluding hydrogens is 573 g/mol. The van der Waals surface area contributed by atoms with Crippen LogP contribution in [0.4, 0.5) is 4.39 Å². The predicted octanol–water partition coefficient (Wildman–Crippen LogP) is 6.92. The largest absolute Gasteiger partial charge is 0.360 e. The molecule has 0 unspecified atom stereocenters. The molecule has 0 fully saturated rings. The number of rotatable bonds is 8. The van der Waals surface area contributed by atoms with Crippen LogP contribution in [0.3, 0.4) is 0 Å². The van der Waals surface area contributed by atoms with Crippen LogP contribution in [0, 0.1) is 12.7 Å². The van der Waals surface area contributed by atoms with Gasteiger partial charge in [0.15, 0.2) is 5.15 Å². The third-order valence-electron chi connectivity index (χ3n) is 5.62. The van der Waals surface area contributed by atoms with E-state index in [0.29, 0.717) is 23.1 Å². The summed E-state index contributed by atoms with van der Waals surface area (Å²) in [6, 6.07) is 10.3. The highest BCUT2D eigenvalue weighted by atomic mass is 79.9. The number of aromatic nitrogens is 3. The summed E-state index contributed by atoms with van der Waals surface area (Å²) in [4.78, 5) is 0.104. The lowest BCUT2D eigenvalue weighted by atomic mass is 10.1. The van der Waals surface area contributed by atoms with E-state index < -0.39 is 23.9 Å². The Morgan fingerprint density at radius 1 is 1.11 bits per heavy atom. The highest BCUT2D eigenvalue weighted by Crippen LogP contribution is 2.38. The van der Waals surface area contributed by atoms with Gasteiger partial charge in [0.25, 0.3) is 10.0 Å². The fourth-order valence-electron chi connectivity index (χ4n) is 3.61. The van der Waals surface area contributed by atoms with E-state index in [1.165, 1.54) is 24.4 Å². The van der Waals surface area contributed by atoms with Crippen LogP contribution in [0.15, 0.2) is 58.2 Å². The minimum atomic E-state index is -3.99. The van der Waals surface area contributed by atoms with E-state index in [-0.39, 0.29) is 26.8 Å². The number of nitrogens with zero attached hydrogens (tertiary/aromatic N) is 3. The van der Waals surface area contributed by atoms with Crippen molar-refractivity contribution in [1.29, 1.82) is 0 Å². The maximum Gasteiger partial charge on any atom is 0.268 e. The molecule has 0 saturated heterocycles. The topological polar surface area (TPSA) is 66.1 Å². The lowest BCUT2D eigenvalue weighted by Gasteiger charge is -2.15. The van der Waals surface area contributed by atoms with Gasteiger partial charge in [0.1, 0.15) is 12.5 Å². The number of hydrogen-bond donors (Lipinski definition) is 0. The van der Waals surface area contributed by atoms with Crippen molar-refractivity contribution in [2.75, 3.05) is 6.61 Å². The normalized spacial score (nSPS) is 12.5. The van der Waals surface area contributed by atoms with Crippen LogP contribution in [0.25, 0.3) is 22.0 Å². The van der Waals surface area contributed by atoms with Gasteiger partial charge >= 0.3 is 0 Å².